The van der Waals surface area contributed by atoms with Crippen molar-refractivity contribution in [3.63, 3.8) is 0 Å². The van der Waals surface area contributed by atoms with Gasteiger partial charge in [-0.15, -0.1) is 5.10 Å². The van der Waals surface area contributed by atoms with Gasteiger partial charge in [0, 0.05) is 15.6 Å². The van der Waals surface area contributed by atoms with E-state index in [9.17, 15) is 4.79 Å². The second-order valence-corrected chi connectivity index (χ2v) is 8.11. The fourth-order valence-corrected chi connectivity index (χ4v) is 3.57. The first-order chi connectivity index (χ1) is 17.4. The predicted molar refractivity (Wildman–Crippen MR) is 132 cm³/mol. The molecule has 0 saturated heterocycles. The van der Waals surface area contributed by atoms with Gasteiger partial charge in [-0.25, -0.2) is 10.1 Å². The molecule has 12 nitrogen and oxygen atoms in total. The molecule has 4 rings (SSSR count). The summed E-state index contributed by atoms with van der Waals surface area (Å²) in [4.78, 5) is 12.7. The average Bonchev–Trinajstić information content (AvgIpc) is 3.44. The summed E-state index contributed by atoms with van der Waals surface area (Å²) >= 11 is 12.2. The molecule has 0 saturated carbocycles. The number of carbonyl (C=O) groups is 1. The van der Waals surface area contributed by atoms with Crippen LogP contribution in [0.2, 0.25) is 10.0 Å². The van der Waals surface area contributed by atoms with E-state index in [2.05, 4.69) is 35.8 Å². The van der Waals surface area contributed by atoms with E-state index in [4.69, 9.17) is 38.4 Å². The number of amides is 1. The number of nitrogens with one attached hydrogen (secondary N) is 1. The molecule has 0 aliphatic carbocycles. The van der Waals surface area contributed by atoms with Crippen LogP contribution in [0.4, 0.5) is 5.82 Å². The smallest absolute Gasteiger partial charge is 0.292 e. The van der Waals surface area contributed by atoms with Crippen molar-refractivity contribution >= 4 is 41.1 Å². The number of hydrogen-bond acceptors (Lipinski definition) is 10. The number of nitrogens with zero attached hydrogens (tertiary/aromatic N) is 6. The lowest BCUT2D eigenvalue weighted by atomic mass is 10.2. The molecule has 0 unspecified atom stereocenters. The third kappa shape index (κ3) is 5.56. The molecule has 2 heterocycles. The second kappa shape index (κ2) is 11.1. The van der Waals surface area contributed by atoms with E-state index < -0.39 is 5.91 Å². The predicted octanol–water partition coefficient (Wildman–Crippen LogP) is 3.59. The van der Waals surface area contributed by atoms with Crippen LogP contribution < -0.4 is 20.6 Å². The van der Waals surface area contributed by atoms with Gasteiger partial charge in [0.1, 0.15) is 6.61 Å². The van der Waals surface area contributed by atoms with Gasteiger partial charge in [-0.3, -0.25) is 4.79 Å². The van der Waals surface area contributed by atoms with Crippen molar-refractivity contribution in [2.24, 2.45) is 5.10 Å². The maximum atomic E-state index is 12.7. The highest BCUT2D eigenvalue weighted by atomic mass is 35.5. The molecule has 0 fully saturated rings. The minimum absolute atomic E-state index is 0.0402. The summed E-state index contributed by atoms with van der Waals surface area (Å²) in [6, 6.07) is 10.4. The molecule has 2 aromatic carbocycles. The number of halogens is 2. The summed E-state index contributed by atoms with van der Waals surface area (Å²) < 4.78 is 17.3. The molecule has 14 heteroatoms. The highest BCUT2D eigenvalue weighted by molar-refractivity contribution is 6.35. The van der Waals surface area contributed by atoms with Crippen molar-refractivity contribution in [3.05, 3.63) is 69.0 Å². The topological polar surface area (TPSA) is 156 Å². The first-order valence-electron chi connectivity index (χ1n) is 10.5. The summed E-state index contributed by atoms with van der Waals surface area (Å²) in [5.41, 5.74) is 9.98. The summed E-state index contributed by atoms with van der Waals surface area (Å²) in [5.74, 6) is 0.447. The van der Waals surface area contributed by atoms with Gasteiger partial charge in [0.15, 0.2) is 17.2 Å². The van der Waals surface area contributed by atoms with Crippen LogP contribution in [0.25, 0.3) is 5.82 Å². The van der Waals surface area contributed by atoms with Crippen LogP contribution in [0.5, 0.6) is 11.5 Å². The molecule has 0 bridgehead atoms. The van der Waals surface area contributed by atoms with Crippen LogP contribution in [0.1, 0.15) is 34.2 Å². The average molecular weight is 531 g/mol. The van der Waals surface area contributed by atoms with Gasteiger partial charge in [0.25, 0.3) is 5.91 Å². The lowest BCUT2D eigenvalue weighted by molar-refractivity contribution is 0.0946. The number of hydrogen-bond donors (Lipinski definition) is 2. The number of ether oxygens (including phenoxy) is 2. The molecule has 2 aromatic heterocycles. The molecule has 0 spiro atoms. The van der Waals surface area contributed by atoms with Crippen molar-refractivity contribution in [1.82, 2.24) is 30.7 Å². The molecule has 4 aromatic rings. The monoisotopic (exact) mass is 530 g/mol. The van der Waals surface area contributed by atoms with Gasteiger partial charge in [-0.1, -0.05) is 34.5 Å². The van der Waals surface area contributed by atoms with Gasteiger partial charge in [-0.2, -0.15) is 9.78 Å². The summed E-state index contributed by atoms with van der Waals surface area (Å²) in [5, 5.41) is 19.9. The van der Waals surface area contributed by atoms with Crippen LogP contribution in [-0.4, -0.2) is 44.0 Å². The number of anilines is 1. The fourth-order valence-electron chi connectivity index (χ4n) is 3.11. The number of aromatic nitrogens is 5. The summed E-state index contributed by atoms with van der Waals surface area (Å²) in [7, 11) is 0. The number of nitrogens with two attached hydrogens (primary N) is 1. The van der Waals surface area contributed by atoms with Crippen molar-refractivity contribution in [2.45, 2.75) is 20.5 Å². The zero-order valence-electron chi connectivity index (χ0n) is 19.1. The van der Waals surface area contributed by atoms with Crippen molar-refractivity contribution in [3.8, 4) is 17.3 Å². The van der Waals surface area contributed by atoms with E-state index in [1.54, 1.807) is 43.3 Å². The van der Waals surface area contributed by atoms with Gasteiger partial charge in [-0.05, 0) is 60.1 Å². The Hall–Kier alpha value is -4.16. The van der Waals surface area contributed by atoms with Gasteiger partial charge >= 0.3 is 0 Å². The SMILES string of the molecule is CCOc1cc(C=NNC(=O)c2c(C)nnn2-c2nonc2N)ccc1OCc1ccc(Cl)cc1Cl. The number of nitrogen functional groups attached to an aromatic ring is 1. The van der Waals surface area contributed by atoms with Crippen LogP contribution in [0.15, 0.2) is 46.1 Å². The van der Waals surface area contributed by atoms with Crippen LogP contribution >= 0.6 is 23.2 Å². The van der Waals surface area contributed by atoms with E-state index in [1.807, 2.05) is 6.92 Å². The molecule has 3 N–H and O–H groups in total. The van der Waals surface area contributed by atoms with Crippen molar-refractivity contribution in [2.75, 3.05) is 12.3 Å². The Kier molecular flexibility index (Phi) is 7.66. The molecular formula is C22H20Cl2N8O4. The first kappa shape index (κ1) is 24.9. The lowest BCUT2D eigenvalue weighted by Gasteiger charge is -2.13. The highest BCUT2D eigenvalue weighted by Gasteiger charge is 2.22. The fraction of sp³-hybridized carbons (Fsp3) is 0.182. The minimum Gasteiger partial charge on any atom is -0.490 e. The zero-order valence-corrected chi connectivity index (χ0v) is 20.6. The maximum absolute atomic E-state index is 12.7. The lowest BCUT2D eigenvalue weighted by Crippen LogP contribution is -2.22. The number of aryl methyl sites for hydroxylation is 1. The van der Waals surface area contributed by atoms with Crippen molar-refractivity contribution in [1.29, 1.82) is 0 Å². The normalized spacial score (nSPS) is 11.1. The molecule has 0 atom stereocenters. The summed E-state index contributed by atoms with van der Waals surface area (Å²) in [6.07, 6.45) is 1.45. The van der Waals surface area contributed by atoms with Gasteiger partial charge in [0.05, 0.1) is 18.5 Å². The van der Waals surface area contributed by atoms with Crippen LogP contribution in [0, 0.1) is 6.92 Å². The number of carbonyl (C=O) groups excluding carboxylic acids is 1. The quantitative estimate of drug-likeness (QED) is 0.243. The molecule has 36 heavy (non-hydrogen) atoms. The largest absolute Gasteiger partial charge is 0.490 e. The molecule has 0 aliphatic rings. The maximum Gasteiger partial charge on any atom is 0.292 e. The molecular weight excluding hydrogens is 511 g/mol. The Morgan fingerprint density at radius 1 is 1.19 bits per heavy atom. The molecule has 1 amide bonds. The number of hydrazone groups is 1. The van der Waals surface area contributed by atoms with Crippen molar-refractivity contribution < 1.29 is 18.9 Å². The Morgan fingerprint density at radius 3 is 2.75 bits per heavy atom. The van der Waals surface area contributed by atoms with Crippen LogP contribution in [0.3, 0.4) is 0 Å². The Labute approximate surface area is 214 Å². The first-order valence-corrected chi connectivity index (χ1v) is 11.3. The van der Waals surface area contributed by atoms with E-state index >= 15 is 0 Å². The van der Waals surface area contributed by atoms with E-state index in [-0.39, 0.29) is 23.9 Å². The summed E-state index contributed by atoms with van der Waals surface area (Å²) in [6.45, 7) is 4.12. The Bertz CT molecular complexity index is 1420. The number of rotatable bonds is 9. The Morgan fingerprint density at radius 2 is 2.03 bits per heavy atom. The minimum atomic E-state index is -0.582. The standard InChI is InChI=1S/C22H20Cl2N8O4/c1-3-34-18-8-13(4-7-17(18)35-11-14-5-6-15(23)9-16(14)24)10-26-28-22(33)19-12(2)27-31-32(19)21-20(25)29-36-30-21/h4-10H,3,11H2,1-2H3,(H2,25,29)(H,28,33). The third-order valence-corrected chi connectivity index (χ3v) is 5.38. The second-order valence-electron chi connectivity index (χ2n) is 7.27. The van der Waals surface area contributed by atoms with Gasteiger partial charge < -0.3 is 15.2 Å². The van der Waals surface area contributed by atoms with E-state index in [0.29, 0.717) is 39.4 Å². The van der Waals surface area contributed by atoms with Gasteiger partial charge in [0.2, 0.25) is 11.6 Å². The molecule has 186 valence electrons. The zero-order chi connectivity index (χ0) is 25.7. The van der Waals surface area contributed by atoms with E-state index in [1.165, 1.54) is 6.21 Å². The number of benzene rings is 2. The third-order valence-electron chi connectivity index (χ3n) is 4.80. The molecule has 0 aliphatic heterocycles. The molecule has 0 radical (unpaired) electrons. The highest BCUT2D eigenvalue weighted by Crippen LogP contribution is 2.30. The van der Waals surface area contributed by atoms with Crippen LogP contribution in [-0.2, 0) is 6.61 Å². The van der Waals surface area contributed by atoms with E-state index in [0.717, 1.165) is 10.2 Å². The Balaban J connectivity index is 1.46.